The van der Waals surface area contributed by atoms with Crippen LogP contribution in [0.5, 0.6) is 0 Å². The minimum atomic E-state index is -4.52. The number of carbonyl (C=O) groups is 2. The fourth-order valence-electron chi connectivity index (χ4n) is 3.11. The fraction of sp³-hybridized carbons (Fsp3) is 0.261. The van der Waals surface area contributed by atoms with Crippen LogP contribution in [0, 0.1) is 12.8 Å². The molecule has 31 heavy (non-hydrogen) atoms. The molecule has 0 bridgehead atoms. The molecule has 1 heterocycles. The van der Waals surface area contributed by atoms with Crippen molar-refractivity contribution in [2.75, 3.05) is 5.32 Å². The third-order valence-electron chi connectivity index (χ3n) is 4.74. The van der Waals surface area contributed by atoms with Crippen molar-refractivity contribution in [2.24, 2.45) is 5.92 Å². The number of benzene rings is 2. The third kappa shape index (κ3) is 5.20. The molecule has 2 N–H and O–H groups in total. The van der Waals surface area contributed by atoms with Crippen molar-refractivity contribution in [1.82, 2.24) is 10.3 Å². The summed E-state index contributed by atoms with van der Waals surface area (Å²) in [7, 11) is 0. The Morgan fingerprint density at radius 3 is 2.45 bits per heavy atom. The average molecular weight is 429 g/mol. The minimum Gasteiger partial charge on any atom is -0.348 e. The Bertz CT molecular complexity index is 1140. The van der Waals surface area contributed by atoms with Crippen molar-refractivity contribution in [3.8, 4) is 0 Å². The number of carbonyl (C=O) groups excluding carboxylic acids is 2. The van der Waals surface area contributed by atoms with Crippen LogP contribution < -0.4 is 10.6 Å². The van der Waals surface area contributed by atoms with Crippen LogP contribution in [-0.4, -0.2) is 16.8 Å². The largest absolute Gasteiger partial charge is 0.416 e. The lowest BCUT2D eigenvalue weighted by molar-refractivity contribution is -0.138. The Labute approximate surface area is 177 Å². The van der Waals surface area contributed by atoms with Crippen LogP contribution in [0.1, 0.15) is 41.0 Å². The van der Waals surface area contributed by atoms with E-state index >= 15 is 0 Å². The number of hydrogen-bond donors (Lipinski definition) is 2. The maximum absolute atomic E-state index is 13.2. The molecular formula is C23H22F3N3O2. The number of nitrogens with one attached hydrogen (secondary N) is 2. The van der Waals surface area contributed by atoms with Gasteiger partial charge in [-0.15, -0.1) is 0 Å². The number of rotatable bonds is 5. The zero-order valence-electron chi connectivity index (χ0n) is 17.3. The van der Waals surface area contributed by atoms with Crippen LogP contribution in [0.3, 0.4) is 0 Å². The van der Waals surface area contributed by atoms with E-state index in [0.717, 1.165) is 11.8 Å². The van der Waals surface area contributed by atoms with Gasteiger partial charge in [-0.2, -0.15) is 13.2 Å². The van der Waals surface area contributed by atoms with E-state index in [-0.39, 0.29) is 29.5 Å². The molecule has 5 nitrogen and oxygen atoms in total. The Hall–Kier alpha value is -3.42. The molecule has 0 unspecified atom stereocenters. The first-order valence-corrected chi connectivity index (χ1v) is 9.72. The van der Waals surface area contributed by atoms with E-state index in [1.807, 2.05) is 0 Å². The zero-order chi connectivity index (χ0) is 22.8. The van der Waals surface area contributed by atoms with Gasteiger partial charge in [0.05, 0.1) is 16.6 Å². The molecule has 0 radical (unpaired) electrons. The van der Waals surface area contributed by atoms with Gasteiger partial charge in [0, 0.05) is 29.2 Å². The van der Waals surface area contributed by atoms with Crippen LogP contribution in [0.2, 0.25) is 0 Å². The topological polar surface area (TPSA) is 71.1 Å². The van der Waals surface area contributed by atoms with E-state index in [1.54, 1.807) is 39.0 Å². The lowest BCUT2D eigenvalue weighted by Crippen LogP contribution is -2.25. The van der Waals surface area contributed by atoms with Gasteiger partial charge in [-0.25, -0.2) is 0 Å². The Balaban J connectivity index is 1.94. The lowest BCUT2D eigenvalue weighted by Gasteiger charge is -2.15. The lowest BCUT2D eigenvalue weighted by atomic mass is 10.0. The van der Waals surface area contributed by atoms with Crippen molar-refractivity contribution in [3.63, 3.8) is 0 Å². The van der Waals surface area contributed by atoms with Crippen LogP contribution in [0.15, 0.2) is 48.5 Å². The summed E-state index contributed by atoms with van der Waals surface area (Å²) in [6.07, 6.45) is -4.52. The summed E-state index contributed by atoms with van der Waals surface area (Å²) in [5.74, 6) is -1.05. The van der Waals surface area contributed by atoms with E-state index in [2.05, 4.69) is 15.6 Å². The second-order valence-electron chi connectivity index (χ2n) is 7.52. The summed E-state index contributed by atoms with van der Waals surface area (Å²) in [6, 6.07) is 11.7. The number of nitrogens with zero attached hydrogens (tertiary/aromatic N) is 1. The molecule has 0 fully saturated rings. The molecule has 1 aromatic heterocycles. The van der Waals surface area contributed by atoms with Crippen molar-refractivity contribution < 1.29 is 22.8 Å². The number of pyridine rings is 1. The average Bonchev–Trinajstić information content (AvgIpc) is 2.70. The first-order valence-electron chi connectivity index (χ1n) is 9.72. The summed E-state index contributed by atoms with van der Waals surface area (Å²) in [6.45, 7) is 4.99. The van der Waals surface area contributed by atoms with Crippen molar-refractivity contribution >= 4 is 28.4 Å². The number of alkyl halides is 3. The molecule has 2 aromatic carbocycles. The van der Waals surface area contributed by atoms with Gasteiger partial charge >= 0.3 is 6.18 Å². The molecule has 2 amide bonds. The van der Waals surface area contributed by atoms with E-state index in [9.17, 15) is 22.8 Å². The second kappa shape index (κ2) is 8.75. The van der Waals surface area contributed by atoms with Crippen LogP contribution in [0.25, 0.3) is 10.9 Å². The highest BCUT2D eigenvalue weighted by atomic mass is 19.4. The van der Waals surface area contributed by atoms with Crippen molar-refractivity contribution in [3.05, 3.63) is 70.9 Å². The predicted octanol–water partition coefficient (Wildman–Crippen LogP) is 5.09. The van der Waals surface area contributed by atoms with Gasteiger partial charge in [0.25, 0.3) is 5.91 Å². The molecule has 0 aliphatic heterocycles. The second-order valence-corrected chi connectivity index (χ2v) is 7.52. The summed E-state index contributed by atoms with van der Waals surface area (Å²) >= 11 is 0. The molecule has 3 rings (SSSR count). The van der Waals surface area contributed by atoms with Crippen molar-refractivity contribution in [1.29, 1.82) is 0 Å². The molecule has 0 spiro atoms. The molecule has 0 aliphatic rings. The molecule has 0 atom stereocenters. The highest BCUT2D eigenvalue weighted by Gasteiger charge is 2.32. The van der Waals surface area contributed by atoms with E-state index < -0.39 is 17.6 Å². The van der Waals surface area contributed by atoms with Gasteiger partial charge in [-0.05, 0) is 36.8 Å². The van der Waals surface area contributed by atoms with E-state index in [4.69, 9.17) is 0 Å². The zero-order valence-corrected chi connectivity index (χ0v) is 17.3. The monoisotopic (exact) mass is 429 g/mol. The Morgan fingerprint density at radius 2 is 1.77 bits per heavy atom. The van der Waals surface area contributed by atoms with Crippen molar-refractivity contribution in [2.45, 2.75) is 33.5 Å². The fourth-order valence-corrected chi connectivity index (χ4v) is 3.11. The number of hydrogen-bond acceptors (Lipinski definition) is 3. The quantitative estimate of drug-likeness (QED) is 0.594. The summed E-state index contributed by atoms with van der Waals surface area (Å²) in [5.41, 5.74) is 1.01. The smallest absolute Gasteiger partial charge is 0.348 e. The molecule has 0 saturated heterocycles. The highest BCUT2D eigenvalue weighted by Crippen LogP contribution is 2.32. The highest BCUT2D eigenvalue weighted by molar-refractivity contribution is 6.08. The SMILES string of the molecule is Cc1ccc2c(C(=O)NCc3ccccc3C(F)(F)F)cc(NC(=O)C(C)C)cc2n1. The predicted molar refractivity (Wildman–Crippen MR) is 113 cm³/mol. The molecular weight excluding hydrogens is 407 g/mol. The number of aromatic nitrogens is 1. The number of amides is 2. The summed E-state index contributed by atoms with van der Waals surface area (Å²) in [4.78, 5) is 29.4. The standard InChI is InChI=1S/C23H22F3N3O2/c1-13(2)21(30)29-16-10-18(17-9-8-14(3)28-20(17)11-16)22(31)27-12-15-6-4-5-7-19(15)23(24,25)26/h4-11,13H,12H2,1-3H3,(H,27,31)(H,29,30). The summed E-state index contributed by atoms with van der Waals surface area (Å²) in [5, 5.41) is 5.84. The first-order chi connectivity index (χ1) is 14.6. The van der Waals surface area contributed by atoms with Crippen LogP contribution >= 0.6 is 0 Å². The third-order valence-corrected chi connectivity index (χ3v) is 4.74. The van der Waals surface area contributed by atoms with E-state index in [1.165, 1.54) is 24.3 Å². The Morgan fingerprint density at radius 1 is 1.06 bits per heavy atom. The number of anilines is 1. The number of aryl methyl sites for hydroxylation is 1. The van der Waals surface area contributed by atoms with Crippen LogP contribution in [-0.2, 0) is 17.5 Å². The van der Waals surface area contributed by atoms with Crippen LogP contribution in [0.4, 0.5) is 18.9 Å². The molecule has 8 heteroatoms. The van der Waals surface area contributed by atoms with Gasteiger partial charge in [0.15, 0.2) is 0 Å². The van der Waals surface area contributed by atoms with Gasteiger partial charge in [-0.3, -0.25) is 14.6 Å². The van der Waals surface area contributed by atoms with Gasteiger partial charge < -0.3 is 10.6 Å². The molecule has 3 aromatic rings. The summed E-state index contributed by atoms with van der Waals surface area (Å²) < 4.78 is 39.7. The maximum atomic E-state index is 13.2. The Kier molecular flexibility index (Phi) is 6.29. The number of fused-ring (bicyclic) bond motifs is 1. The number of halogens is 3. The van der Waals surface area contributed by atoms with E-state index in [0.29, 0.717) is 16.6 Å². The first kappa shape index (κ1) is 22.3. The molecule has 0 saturated carbocycles. The van der Waals surface area contributed by atoms with Gasteiger partial charge in [0.1, 0.15) is 0 Å². The molecule has 162 valence electrons. The van der Waals surface area contributed by atoms with Gasteiger partial charge in [0.2, 0.25) is 5.91 Å². The van der Waals surface area contributed by atoms with Gasteiger partial charge in [-0.1, -0.05) is 38.1 Å². The normalized spacial score (nSPS) is 11.6. The molecule has 0 aliphatic carbocycles. The minimum absolute atomic E-state index is 0.0362. The maximum Gasteiger partial charge on any atom is 0.416 e.